The predicted molar refractivity (Wildman–Crippen MR) is 80.5 cm³/mol. The summed E-state index contributed by atoms with van der Waals surface area (Å²) in [4.78, 5) is 9.22. The summed E-state index contributed by atoms with van der Waals surface area (Å²) in [5, 5.41) is 16.9. The van der Waals surface area contributed by atoms with Crippen molar-refractivity contribution in [3.05, 3.63) is 11.4 Å². The molecule has 2 aromatic heterocycles. The molecule has 2 heterocycles. The molecule has 7 nitrogen and oxygen atoms in total. The normalized spacial score (nSPS) is 14.4. The molecule has 1 fully saturated rings. The van der Waals surface area contributed by atoms with Gasteiger partial charge in [0.2, 0.25) is 5.16 Å². The lowest BCUT2D eigenvalue weighted by atomic mass is 10.3. The van der Waals surface area contributed by atoms with E-state index in [2.05, 4.69) is 37.7 Å². The maximum Gasteiger partial charge on any atom is 0.215 e. The molecule has 1 saturated carbocycles. The Morgan fingerprint density at radius 2 is 2.14 bits per heavy atom. The van der Waals surface area contributed by atoms with Gasteiger partial charge in [-0.1, -0.05) is 6.92 Å². The summed E-state index contributed by atoms with van der Waals surface area (Å²) >= 11 is 1.52. The zero-order valence-electron chi connectivity index (χ0n) is 12.5. The number of aromatic nitrogens is 6. The topological polar surface area (TPSA) is 81.4 Å². The van der Waals surface area contributed by atoms with Crippen molar-refractivity contribution in [1.29, 1.82) is 0 Å². The fourth-order valence-electron chi connectivity index (χ4n) is 2.11. The van der Waals surface area contributed by atoms with Crippen molar-refractivity contribution in [2.24, 2.45) is 0 Å². The average molecular weight is 305 g/mol. The van der Waals surface area contributed by atoms with Crippen molar-refractivity contribution < 1.29 is 0 Å². The molecule has 0 aliphatic heterocycles. The molecule has 1 N–H and O–H groups in total. The number of nitrogens with one attached hydrogen (secondary N) is 1. The molecule has 0 amide bonds. The second-order valence-corrected chi connectivity index (χ2v) is 6.11. The Balaban J connectivity index is 1.92. The SMILES string of the molecule is CCCc1nc(NC)c(C)c(Sc2nnnn2C2CC2)n1. The van der Waals surface area contributed by atoms with Crippen molar-refractivity contribution >= 4 is 17.6 Å². The van der Waals surface area contributed by atoms with Crippen LogP contribution >= 0.6 is 11.8 Å². The van der Waals surface area contributed by atoms with Crippen LogP contribution in [0.2, 0.25) is 0 Å². The largest absolute Gasteiger partial charge is 0.373 e. The summed E-state index contributed by atoms with van der Waals surface area (Å²) < 4.78 is 1.91. The summed E-state index contributed by atoms with van der Waals surface area (Å²) in [6.45, 7) is 4.15. The summed E-state index contributed by atoms with van der Waals surface area (Å²) in [6.07, 6.45) is 4.21. The third-order valence-electron chi connectivity index (χ3n) is 3.40. The molecule has 0 unspecified atom stereocenters. The van der Waals surface area contributed by atoms with Crippen LogP contribution in [0, 0.1) is 6.92 Å². The lowest BCUT2D eigenvalue weighted by Crippen LogP contribution is -2.06. The van der Waals surface area contributed by atoms with Crippen LogP contribution in [0.1, 0.15) is 43.6 Å². The minimum Gasteiger partial charge on any atom is -0.373 e. The van der Waals surface area contributed by atoms with Crippen LogP contribution in [-0.2, 0) is 6.42 Å². The molecule has 0 saturated heterocycles. The molecule has 1 aliphatic carbocycles. The Bertz CT molecular complexity index is 635. The number of hydrogen-bond donors (Lipinski definition) is 1. The van der Waals surface area contributed by atoms with Crippen LogP contribution in [-0.4, -0.2) is 37.2 Å². The first-order valence-corrected chi connectivity index (χ1v) is 8.05. The van der Waals surface area contributed by atoms with Gasteiger partial charge in [-0.3, -0.25) is 0 Å². The standard InChI is InChI=1S/C13H19N7S/c1-4-5-10-15-11(14-3)8(2)12(16-10)21-13-17-18-19-20(13)9-6-7-9/h9H,4-7H2,1-3H3,(H,14,15,16). The molecule has 2 aromatic rings. The maximum atomic E-state index is 4.67. The fourth-order valence-corrected chi connectivity index (χ4v) is 3.04. The molecule has 0 atom stereocenters. The van der Waals surface area contributed by atoms with Crippen LogP contribution in [0.3, 0.4) is 0 Å². The van der Waals surface area contributed by atoms with Gasteiger partial charge >= 0.3 is 0 Å². The van der Waals surface area contributed by atoms with Gasteiger partial charge in [-0.2, -0.15) is 0 Å². The molecule has 112 valence electrons. The lowest BCUT2D eigenvalue weighted by Gasteiger charge is -2.11. The van der Waals surface area contributed by atoms with Gasteiger partial charge in [-0.25, -0.2) is 14.6 Å². The van der Waals surface area contributed by atoms with Crippen molar-refractivity contribution in [3.8, 4) is 0 Å². The quantitative estimate of drug-likeness (QED) is 0.820. The third-order valence-corrected chi connectivity index (χ3v) is 4.44. The second kappa shape index (κ2) is 5.97. The molecular weight excluding hydrogens is 286 g/mol. The van der Waals surface area contributed by atoms with E-state index >= 15 is 0 Å². The number of nitrogens with zero attached hydrogens (tertiary/aromatic N) is 6. The predicted octanol–water partition coefficient (Wildman–Crippen LogP) is 2.25. The molecule has 0 spiro atoms. The van der Waals surface area contributed by atoms with Crippen LogP contribution in [0.5, 0.6) is 0 Å². The maximum absolute atomic E-state index is 4.67. The minimum atomic E-state index is 0.462. The summed E-state index contributed by atoms with van der Waals surface area (Å²) in [5.74, 6) is 1.74. The van der Waals surface area contributed by atoms with Crippen LogP contribution in [0.25, 0.3) is 0 Å². The Morgan fingerprint density at radius 1 is 1.33 bits per heavy atom. The fraction of sp³-hybridized carbons (Fsp3) is 0.615. The van der Waals surface area contributed by atoms with Crippen molar-refractivity contribution in [3.63, 3.8) is 0 Å². The van der Waals surface area contributed by atoms with Gasteiger partial charge in [-0.05, 0) is 48.4 Å². The van der Waals surface area contributed by atoms with Crippen molar-refractivity contribution in [2.75, 3.05) is 12.4 Å². The Hall–Kier alpha value is -1.70. The first-order chi connectivity index (χ1) is 10.2. The first kappa shape index (κ1) is 14.2. The van der Waals surface area contributed by atoms with E-state index in [1.54, 1.807) is 0 Å². The van der Waals surface area contributed by atoms with E-state index in [0.29, 0.717) is 6.04 Å². The van der Waals surface area contributed by atoms with Gasteiger partial charge in [0.1, 0.15) is 16.7 Å². The van der Waals surface area contributed by atoms with E-state index in [4.69, 9.17) is 0 Å². The number of anilines is 1. The first-order valence-electron chi connectivity index (χ1n) is 7.24. The number of hydrogen-bond acceptors (Lipinski definition) is 7. The molecule has 1 aliphatic rings. The van der Waals surface area contributed by atoms with Gasteiger partial charge in [0.25, 0.3) is 0 Å². The van der Waals surface area contributed by atoms with Crippen LogP contribution in [0.4, 0.5) is 5.82 Å². The highest BCUT2D eigenvalue weighted by Gasteiger charge is 2.28. The number of tetrazole rings is 1. The highest BCUT2D eigenvalue weighted by atomic mass is 32.2. The van der Waals surface area contributed by atoms with Gasteiger partial charge in [0.05, 0.1) is 6.04 Å². The van der Waals surface area contributed by atoms with Crippen LogP contribution < -0.4 is 5.32 Å². The lowest BCUT2D eigenvalue weighted by molar-refractivity contribution is 0.565. The number of aryl methyl sites for hydroxylation is 1. The smallest absolute Gasteiger partial charge is 0.215 e. The average Bonchev–Trinajstić information content (AvgIpc) is 3.22. The molecular formula is C13H19N7S. The highest BCUT2D eigenvalue weighted by molar-refractivity contribution is 7.99. The van der Waals surface area contributed by atoms with Gasteiger partial charge in [0, 0.05) is 19.0 Å². The summed E-state index contributed by atoms with van der Waals surface area (Å²) in [6, 6.07) is 0.462. The Kier molecular flexibility index (Phi) is 4.05. The monoisotopic (exact) mass is 305 g/mol. The molecule has 21 heavy (non-hydrogen) atoms. The zero-order valence-corrected chi connectivity index (χ0v) is 13.3. The van der Waals surface area contributed by atoms with Gasteiger partial charge in [-0.15, -0.1) is 5.10 Å². The Labute approximate surface area is 127 Å². The van der Waals surface area contributed by atoms with E-state index in [9.17, 15) is 0 Å². The van der Waals surface area contributed by atoms with E-state index in [0.717, 1.165) is 53.1 Å². The molecule has 0 bridgehead atoms. The van der Waals surface area contributed by atoms with Crippen LogP contribution in [0.15, 0.2) is 10.2 Å². The zero-order chi connectivity index (χ0) is 14.8. The van der Waals surface area contributed by atoms with E-state index in [1.807, 2.05) is 18.7 Å². The molecule has 3 rings (SSSR count). The summed E-state index contributed by atoms with van der Waals surface area (Å²) in [7, 11) is 1.88. The molecule has 0 radical (unpaired) electrons. The molecule has 0 aromatic carbocycles. The van der Waals surface area contributed by atoms with Crippen molar-refractivity contribution in [1.82, 2.24) is 30.2 Å². The van der Waals surface area contributed by atoms with E-state index < -0.39 is 0 Å². The van der Waals surface area contributed by atoms with Crippen molar-refractivity contribution in [2.45, 2.75) is 55.8 Å². The summed E-state index contributed by atoms with van der Waals surface area (Å²) in [5.41, 5.74) is 1.03. The van der Waals surface area contributed by atoms with E-state index in [1.165, 1.54) is 11.8 Å². The number of rotatable bonds is 6. The Morgan fingerprint density at radius 3 is 2.81 bits per heavy atom. The minimum absolute atomic E-state index is 0.462. The van der Waals surface area contributed by atoms with E-state index in [-0.39, 0.29) is 0 Å². The molecule has 8 heteroatoms. The highest BCUT2D eigenvalue weighted by Crippen LogP contribution is 2.38. The van der Waals surface area contributed by atoms with Gasteiger partial charge in [0.15, 0.2) is 0 Å². The van der Waals surface area contributed by atoms with Gasteiger partial charge < -0.3 is 5.32 Å². The third kappa shape index (κ3) is 2.99. The second-order valence-electron chi connectivity index (χ2n) is 5.16.